The quantitative estimate of drug-likeness (QED) is 0.0605. The van der Waals surface area contributed by atoms with Gasteiger partial charge in [-0.25, -0.2) is 11.8 Å². The summed E-state index contributed by atoms with van der Waals surface area (Å²) in [6.45, 7) is 0.808. The predicted octanol–water partition coefficient (Wildman–Crippen LogP) is -6.71. The van der Waals surface area contributed by atoms with Gasteiger partial charge in [0.05, 0.1) is 32.0 Å². The predicted molar refractivity (Wildman–Crippen MR) is 91.2 cm³/mol. The second-order valence-electron chi connectivity index (χ2n) is 6.56. The van der Waals surface area contributed by atoms with E-state index in [9.17, 15) is 29.7 Å². The maximum atomic E-state index is 12.1. The minimum atomic E-state index is -1.73. The molecule has 1 unspecified atom stereocenters. The molecule has 1 saturated heterocycles. The van der Waals surface area contributed by atoms with Crippen LogP contribution in [0.2, 0.25) is 0 Å². The van der Waals surface area contributed by atoms with Gasteiger partial charge in [-0.3, -0.25) is 14.4 Å². The van der Waals surface area contributed by atoms with Gasteiger partial charge in [0.15, 0.2) is 0 Å². The summed E-state index contributed by atoms with van der Waals surface area (Å²) in [7, 11) is 1.45. The van der Waals surface area contributed by atoms with E-state index in [1.165, 1.54) is 14.0 Å². The molecule has 6 N–H and O–H groups in total. The van der Waals surface area contributed by atoms with Gasteiger partial charge in [0.2, 0.25) is 5.91 Å². The van der Waals surface area contributed by atoms with Crippen LogP contribution in [0.1, 0.15) is 19.8 Å². The molecule has 0 aromatic heterocycles. The zero-order chi connectivity index (χ0) is 21.3. The van der Waals surface area contributed by atoms with Crippen molar-refractivity contribution in [3.63, 3.8) is 0 Å². The molecule has 1 rings (SSSR count). The van der Waals surface area contributed by atoms with Crippen LogP contribution in [0.4, 0.5) is 0 Å². The zero-order valence-corrected chi connectivity index (χ0v) is 18.7. The van der Waals surface area contributed by atoms with E-state index in [4.69, 9.17) is 19.4 Å². The Kier molecular flexibility index (Phi) is 13.3. The molecule has 0 aliphatic carbocycles. The van der Waals surface area contributed by atoms with Crippen LogP contribution in [0, 0.1) is 0 Å². The SMILES string of the molecule is COCCONC(=O)CC(=O)N[C@H]1C([C@H](O)[C@H](O)CO)O[C@](C)([C-]=O)C[C@@H]1O.[Na+]. The molecular weight excluding hydrogens is 403 g/mol. The van der Waals surface area contributed by atoms with E-state index < -0.39 is 60.9 Å². The fraction of sp³-hybridized carbons (Fsp3) is 0.812. The number of nitrogens with one attached hydrogen (secondary N) is 2. The summed E-state index contributed by atoms with van der Waals surface area (Å²) in [4.78, 5) is 39.7. The molecule has 0 aromatic rings. The van der Waals surface area contributed by atoms with Crippen LogP contribution in [0.5, 0.6) is 0 Å². The standard InChI is InChI=1S/C16H27N2O10.Na/c1-16(8-20)6-9(21)13(15(28-16)14(25)10(22)7-19)17-11(23)5-12(24)18-27-4-3-26-2;/h9-10,13-15,19,21-22,25H,3-7H2,1-2H3,(H,17,23)(H,18,24);/q-1;+1/t9-,10+,13+,14+,15?,16-;/m0./s1. The molecule has 0 spiro atoms. The number of ether oxygens (including phenoxy) is 2. The summed E-state index contributed by atoms with van der Waals surface area (Å²) in [5, 5.41) is 41.6. The summed E-state index contributed by atoms with van der Waals surface area (Å²) < 4.78 is 10.1. The first-order chi connectivity index (χ1) is 13.2. The van der Waals surface area contributed by atoms with Gasteiger partial charge in [-0.15, -0.1) is 0 Å². The molecule has 12 nitrogen and oxygen atoms in total. The molecule has 1 aliphatic heterocycles. The normalized spacial score (nSPS) is 28.6. The fourth-order valence-electron chi connectivity index (χ4n) is 2.70. The Bertz CT molecular complexity index is 540. The van der Waals surface area contributed by atoms with Crippen molar-refractivity contribution < 1.29 is 78.7 Å². The molecule has 1 fully saturated rings. The second-order valence-corrected chi connectivity index (χ2v) is 6.56. The summed E-state index contributed by atoms with van der Waals surface area (Å²) in [6, 6.07) is -1.26. The van der Waals surface area contributed by atoms with Crippen LogP contribution in [0.15, 0.2) is 0 Å². The van der Waals surface area contributed by atoms with Gasteiger partial charge in [-0.05, 0) is 12.0 Å². The fourth-order valence-corrected chi connectivity index (χ4v) is 2.70. The first kappa shape index (κ1) is 28.3. The van der Waals surface area contributed by atoms with Gasteiger partial charge < -0.3 is 40.0 Å². The largest absolute Gasteiger partial charge is 1.00 e. The number of hydrogen-bond donors (Lipinski definition) is 6. The molecule has 13 heteroatoms. The third-order valence-corrected chi connectivity index (χ3v) is 4.12. The molecule has 1 heterocycles. The Labute approximate surface area is 190 Å². The summed E-state index contributed by atoms with van der Waals surface area (Å²) >= 11 is 0. The first-order valence-corrected chi connectivity index (χ1v) is 8.58. The van der Waals surface area contributed by atoms with E-state index in [1.54, 1.807) is 6.29 Å². The summed E-state index contributed by atoms with van der Waals surface area (Å²) in [5.41, 5.74) is 0.444. The number of hydroxylamine groups is 1. The Morgan fingerprint density at radius 3 is 2.52 bits per heavy atom. The zero-order valence-electron chi connectivity index (χ0n) is 16.7. The molecule has 6 atom stereocenters. The third kappa shape index (κ3) is 8.92. The van der Waals surface area contributed by atoms with Gasteiger partial charge in [-0.1, -0.05) is 6.92 Å². The van der Waals surface area contributed by atoms with E-state index in [0.29, 0.717) is 0 Å². The molecule has 1 aliphatic rings. The molecule has 0 radical (unpaired) electrons. The van der Waals surface area contributed by atoms with E-state index in [2.05, 4.69) is 5.32 Å². The number of rotatable bonds is 11. The molecule has 0 bridgehead atoms. The van der Waals surface area contributed by atoms with Crippen molar-refractivity contribution in [1.29, 1.82) is 0 Å². The molecule has 0 saturated carbocycles. The Morgan fingerprint density at radius 2 is 1.97 bits per heavy atom. The van der Waals surface area contributed by atoms with Crippen LogP contribution in [-0.4, -0.2) is 102 Å². The van der Waals surface area contributed by atoms with Crippen LogP contribution in [0.25, 0.3) is 0 Å². The Hall–Kier alpha value is -0.670. The number of methoxy groups -OCH3 is 1. The molecule has 162 valence electrons. The van der Waals surface area contributed by atoms with E-state index in [0.717, 1.165) is 0 Å². The van der Waals surface area contributed by atoms with Crippen LogP contribution in [0.3, 0.4) is 0 Å². The van der Waals surface area contributed by atoms with Crippen molar-refractivity contribution in [1.82, 2.24) is 10.8 Å². The van der Waals surface area contributed by atoms with Crippen molar-refractivity contribution in [3.05, 3.63) is 0 Å². The van der Waals surface area contributed by atoms with Crippen molar-refractivity contribution in [3.8, 4) is 0 Å². The van der Waals surface area contributed by atoms with Crippen molar-refractivity contribution in [2.45, 2.75) is 55.8 Å². The van der Waals surface area contributed by atoms with Crippen LogP contribution in [-0.2, 0) is 28.7 Å². The van der Waals surface area contributed by atoms with Crippen molar-refractivity contribution in [2.75, 3.05) is 26.9 Å². The topological polar surface area (TPSA) is 184 Å². The van der Waals surface area contributed by atoms with E-state index >= 15 is 0 Å². The van der Waals surface area contributed by atoms with Gasteiger partial charge in [0.25, 0.3) is 5.91 Å². The summed E-state index contributed by atoms with van der Waals surface area (Å²) in [5.74, 6) is -1.59. The van der Waals surface area contributed by atoms with E-state index in [-0.39, 0.29) is 49.2 Å². The first-order valence-electron chi connectivity index (χ1n) is 8.58. The third-order valence-electron chi connectivity index (χ3n) is 4.12. The second kappa shape index (κ2) is 13.6. The average Bonchev–Trinajstić information content (AvgIpc) is 2.66. The minimum Gasteiger partial charge on any atom is -0.539 e. The molecular formula is C16H27N2NaO10. The minimum absolute atomic E-state index is 0. The van der Waals surface area contributed by atoms with Gasteiger partial charge in [0.1, 0.15) is 24.7 Å². The van der Waals surface area contributed by atoms with Crippen molar-refractivity contribution >= 4 is 18.1 Å². The number of carbonyl (C=O) groups excluding carboxylic acids is 3. The monoisotopic (exact) mass is 430 g/mol. The number of hydrogen-bond acceptors (Lipinski definition) is 10. The van der Waals surface area contributed by atoms with E-state index in [1.807, 2.05) is 5.48 Å². The maximum absolute atomic E-state index is 12.1. The smallest absolute Gasteiger partial charge is 0.539 e. The van der Waals surface area contributed by atoms with Gasteiger partial charge in [-0.2, -0.15) is 0 Å². The van der Waals surface area contributed by atoms with Gasteiger partial charge >= 0.3 is 29.6 Å². The average molecular weight is 430 g/mol. The number of aliphatic hydroxyl groups is 4. The molecule has 29 heavy (non-hydrogen) atoms. The Balaban J connectivity index is 0.00000784. The maximum Gasteiger partial charge on any atom is 1.00 e. The summed E-state index contributed by atoms with van der Waals surface area (Å²) in [6.07, 6.45) is -5.47. The van der Waals surface area contributed by atoms with Gasteiger partial charge in [0, 0.05) is 7.11 Å². The van der Waals surface area contributed by atoms with Crippen LogP contribution >= 0.6 is 0 Å². The number of aliphatic hydroxyl groups excluding tert-OH is 4. The van der Waals surface area contributed by atoms with Crippen LogP contribution < -0.4 is 40.4 Å². The molecule has 0 aromatic carbocycles. The molecule has 2 amide bonds. The number of carbonyl (C=O) groups is 2. The Morgan fingerprint density at radius 1 is 1.31 bits per heavy atom. The van der Waals surface area contributed by atoms with Crippen molar-refractivity contribution in [2.24, 2.45) is 0 Å². The number of amides is 2.